The summed E-state index contributed by atoms with van der Waals surface area (Å²) in [5.74, 6) is 0.117. The number of fused-ring (bicyclic) bond motifs is 1. The Hall–Kier alpha value is -3.87. The van der Waals surface area contributed by atoms with Gasteiger partial charge in [0.05, 0.1) is 27.3 Å². The molecular weight excluding hydrogens is 464 g/mol. The van der Waals surface area contributed by atoms with Gasteiger partial charge < -0.3 is 5.11 Å². The lowest BCUT2D eigenvalue weighted by molar-refractivity contribution is 0.474. The quantitative estimate of drug-likeness (QED) is 0.201. The van der Waals surface area contributed by atoms with E-state index in [4.69, 9.17) is 16.6 Å². The Morgan fingerprint density at radius 3 is 2.41 bits per heavy atom. The fourth-order valence-corrected chi connectivity index (χ4v) is 4.60. The zero-order chi connectivity index (χ0) is 23.5. The molecule has 0 fully saturated rings. The Kier molecular flexibility index (Phi) is 6.16. The van der Waals surface area contributed by atoms with Crippen LogP contribution in [0, 0.1) is 6.92 Å². The molecule has 0 bridgehead atoms. The van der Waals surface area contributed by atoms with Crippen LogP contribution >= 0.6 is 22.9 Å². The minimum Gasteiger partial charge on any atom is -0.507 e. The van der Waals surface area contributed by atoms with Crippen LogP contribution in [-0.2, 0) is 0 Å². The van der Waals surface area contributed by atoms with E-state index < -0.39 is 0 Å². The lowest BCUT2D eigenvalue weighted by Gasteiger charge is -2.01. The molecule has 0 aliphatic heterocycles. The van der Waals surface area contributed by atoms with Gasteiger partial charge in [0.1, 0.15) is 10.8 Å². The fraction of sp³-hybridized carbons (Fsp3) is 0.0370. The summed E-state index contributed by atoms with van der Waals surface area (Å²) >= 11 is 7.66. The molecule has 166 valence electrons. The highest BCUT2D eigenvalue weighted by Crippen LogP contribution is 2.32. The lowest BCUT2D eigenvalue weighted by Crippen LogP contribution is -1.82. The Balaban J connectivity index is 1.33. The van der Waals surface area contributed by atoms with Crippen molar-refractivity contribution in [2.45, 2.75) is 6.92 Å². The minimum absolute atomic E-state index is 0.117. The first-order valence-electron chi connectivity index (χ1n) is 10.6. The molecule has 34 heavy (non-hydrogen) atoms. The molecule has 0 spiro atoms. The number of benzene rings is 4. The molecule has 0 amide bonds. The highest BCUT2D eigenvalue weighted by molar-refractivity contribution is 7.21. The molecule has 0 atom stereocenters. The number of azo groups is 1. The number of phenols is 1. The average Bonchev–Trinajstić information content (AvgIpc) is 3.26. The Bertz CT molecular complexity index is 1540. The number of aromatic nitrogens is 1. The van der Waals surface area contributed by atoms with Gasteiger partial charge in [0, 0.05) is 22.4 Å². The van der Waals surface area contributed by atoms with Crippen LogP contribution in [-0.4, -0.2) is 16.3 Å². The van der Waals surface area contributed by atoms with Crippen molar-refractivity contribution in [2.75, 3.05) is 0 Å². The van der Waals surface area contributed by atoms with Crippen molar-refractivity contribution < 1.29 is 5.11 Å². The molecule has 0 aliphatic rings. The molecule has 5 rings (SSSR count). The third-order valence-corrected chi connectivity index (χ3v) is 6.41. The van der Waals surface area contributed by atoms with E-state index in [2.05, 4.69) is 40.3 Å². The number of aromatic hydroxyl groups is 1. The van der Waals surface area contributed by atoms with Crippen molar-refractivity contribution >= 4 is 56.4 Å². The highest BCUT2D eigenvalue weighted by atomic mass is 35.5. The molecule has 0 radical (unpaired) electrons. The highest BCUT2D eigenvalue weighted by Gasteiger charge is 2.07. The predicted octanol–water partition coefficient (Wildman–Crippen LogP) is 8.80. The van der Waals surface area contributed by atoms with Gasteiger partial charge in [0.2, 0.25) is 0 Å². The van der Waals surface area contributed by atoms with Crippen molar-refractivity contribution in [3.05, 3.63) is 101 Å². The Morgan fingerprint density at radius 2 is 1.62 bits per heavy atom. The van der Waals surface area contributed by atoms with Gasteiger partial charge in [-0.2, -0.15) is 10.2 Å². The smallest absolute Gasteiger partial charge is 0.124 e. The molecule has 0 saturated carbocycles. The van der Waals surface area contributed by atoms with Gasteiger partial charge in [0.25, 0.3) is 0 Å². The first-order valence-corrected chi connectivity index (χ1v) is 11.7. The van der Waals surface area contributed by atoms with E-state index in [0.29, 0.717) is 22.0 Å². The Labute approximate surface area is 205 Å². The monoisotopic (exact) mass is 482 g/mol. The van der Waals surface area contributed by atoms with Gasteiger partial charge >= 0.3 is 0 Å². The molecule has 7 heteroatoms. The molecule has 1 aromatic heterocycles. The van der Waals surface area contributed by atoms with E-state index in [1.807, 2.05) is 36.4 Å². The van der Waals surface area contributed by atoms with Crippen LogP contribution in [0.1, 0.15) is 11.1 Å². The molecule has 1 heterocycles. The van der Waals surface area contributed by atoms with E-state index in [-0.39, 0.29) is 5.75 Å². The van der Waals surface area contributed by atoms with E-state index in [0.717, 1.165) is 21.8 Å². The third-order valence-electron chi connectivity index (χ3n) is 5.11. The molecule has 1 N–H and O–H groups in total. The first-order chi connectivity index (χ1) is 16.5. The van der Waals surface area contributed by atoms with Crippen molar-refractivity contribution in [2.24, 2.45) is 15.2 Å². The van der Waals surface area contributed by atoms with E-state index in [1.54, 1.807) is 47.9 Å². The second-order valence-corrected chi connectivity index (χ2v) is 9.19. The first kappa shape index (κ1) is 21.9. The largest absolute Gasteiger partial charge is 0.507 e. The van der Waals surface area contributed by atoms with Crippen LogP contribution in [0.15, 0.2) is 100 Å². The summed E-state index contributed by atoms with van der Waals surface area (Å²) in [4.78, 5) is 9.24. The number of nitrogens with zero attached hydrogens (tertiary/aromatic N) is 4. The molecule has 5 aromatic rings. The summed E-state index contributed by atoms with van der Waals surface area (Å²) in [6.07, 6.45) is 1.61. The molecule has 0 unspecified atom stereocenters. The Morgan fingerprint density at radius 1 is 0.853 bits per heavy atom. The number of rotatable bonds is 5. The summed E-state index contributed by atoms with van der Waals surface area (Å²) in [7, 11) is 0. The average molecular weight is 483 g/mol. The van der Waals surface area contributed by atoms with Gasteiger partial charge in [-0.25, -0.2) is 4.98 Å². The van der Waals surface area contributed by atoms with Crippen LogP contribution in [0.25, 0.3) is 20.8 Å². The standard InChI is InChI=1S/C27H19ClN4OS/c1-17-5-11-24-26(13-17)34-27(30-24)18-6-8-21(9-7-18)29-16-19-14-23(10-12-25(19)33)32-31-22-4-2-3-20(28)15-22/h2-16,33H,1H3. The van der Waals surface area contributed by atoms with Crippen LogP contribution in [0.4, 0.5) is 17.1 Å². The number of aryl methyl sites for hydroxylation is 1. The topological polar surface area (TPSA) is 70.2 Å². The number of thiazole rings is 1. The number of halogens is 1. The van der Waals surface area contributed by atoms with Gasteiger partial charge in [-0.15, -0.1) is 11.3 Å². The second-order valence-electron chi connectivity index (χ2n) is 7.72. The zero-order valence-corrected chi connectivity index (χ0v) is 19.8. The van der Waals surface area contributed by atoms with E-state index in [9.17, 15) is 5.11 Å². The molecule has 4 aromatic carbocycles. The third kappa shape index (κ3) is 5.03. The van der Waals surface area contributed by atoms with Gasteiger partial charge in [-0.05, 0) is 85.3 Å². The van der Waals surface area contributed by atoms with Crippen molar-refractivity contribution in [1.82, 2.24) is 4.98 Å². The maximum atomic E-state index is 10.2. The summed E-state index contributed by atoms with van der Waals surface area (Å²) in [5, 5.41) is 20.2. The summed E-state index contributed by atoms with van der Waals surface area (Å²) in [5.41, 5.74) is 5.85. The summed E-state index contributed by atoms with van der Waals surface area (Å²) < 4.78 is 1.18. The molecular formula is C27H19ClN4OS. The number of aliphatic imine (C=N–C) groups is 1. The number of hydrogen-bond donors (Lipinski definition) is 1. The fourth-order valence-electron chi connectivity index (χ4n) is 3.35. The number of hydrogen-bond acceptors (Lipinski definition) is 6. The van der Waals surface area contributed by atoms with Crippen LogP contribution < -0.4 is 0 Å². The minimum atomic E-state index is 0.117. The normalized spacial score (nSPS) is 11.7. The van der Waals surface area contributed by atoms with Crippen LogP contribution in [0.3, 0.4) is 0 Å². The maximum Gasteiger partial charge on any atom is 0.124 e. The van der Waals surface area contributed by atoms with E-state index >= 15 is 0 Å². The second kappa shape index (κ2) is 9.55. The van der Waals surface area contributed by atoms with Crippen LogP contribution in [0.5, 0.6) is 5.75 Å². The van der Waals surface area contributed by atoms with Gasteiger partial charge in [0.15, 0.2) is 0 Å². The molecule has 0 saturated heterocycles. The molecule has 5 nitrogen and oxygen atoms in total. The van der Waals surface area contributed by atoms with Gasteiger partial charge in [-0.1, -0.05) is 23.7 Å². The van der Waals surface area contributed by atoms with Gasteiger partial charge in [-0.3, -0.25) is 4.99 Å². The number of phenolic OH excluding ortho intramolecular Hbond substituents is 1. The van der Waals surface area contributed by atoms with Crippen molar-refractivity contribution in [3.63, 3.8) is 0 Å². The lowest BCUT2D eigenvalue weighted by atomic mass is 10.2. The predicted molar refractivity (Wildman–Crippen MR) is 141 cm³/mol. The van der Waals surface area contributed by atoms with Crippen molar-refractivity contribution in [3.8, 4) is 16.3 Å². The van der Waals surface area contributed by atoms with Crippen LogP contribution in [0.2, 0.25) is 5.02 Å². The zero-order valence-electron chi connectivity index (χ0n) is 18.2. The SMILES string of the molecule is Cc1ccc2nc(-c3ccc(N=Cc4cc(N=Nc5cccc(Cl)c5)ccc4O)cc3)sc2c1. The summed E-state index contributed by atoms with van der Waals surface area (Å²) in [6.45, 7) is 2.08. The summed E-state index contributed by atoms with van der Waals surface area (Å²) in [6, 6.07) is 26.3. The maximum absolute atomic E-state index is 10.2. The van der Waals surface area contributed by atoms with Crippen molar-refractivity contribution in [1.29, 1.82) is 0 Å². The van der Waals surface area contributed by atoms with E-state index in [1.165, 1.54) is 10.3 Å². The molecule has 0 aliphatic carbocycles.